The van der Waals surface area contributed by atoms with Crippen molar-refractivity contribution >= 4 is 0 Å². The summed E-state index contributed by atoms with van der Waals surface area (Å²) in [5.74, 6) is 1.82. The number of likely N-dealkylation sites (tertiary alicyclic amines) is 1. The summed E-state index contributed by atoms with van der Waals surface area (Å²) in [5, 5.41) is 3.64. The normalized spacial score (nSPS) is 24.4. The smallest absolute Gasteiger partial charge is 0.113 e. The highest BCUT2D eigenvalue weighted by Gasteiger charge is 2.33. The zero-order valence-corrected chi connectivity index (χ0v) is 16.5. The van der Waals surface area contributed by atoms with Gasteiger partial charge in [0.15, 0.2) is 0 Å². The van der Waals surface area contributed by atoms with E-state index in [4.69, 9.17) is 0 Å². The SMILES string of the molecule is C=C1NC(N(C)CC)=C(C(=C)[C@H]2CCN(CCC)C2)C2=C1CCCC2. The highest BCUT2D eigenvalue weighted by molar-refractivity contribution is 5.59. The first kappa shape index (κ1) is 18.3. The molecule has 0 saturated carbocycles. The maximum atomic E-state index is 4.62. The predicted octanol–water partition coefficient (Wildman–Crippen LogP) is 4.43. The van der Waals surface area contributed by atoms with Crippen molar-refractivity contribution in [1.82, 2.24) is 15.1 Å². The van der Waals surface area contributed by atoms with Crippen molar-refractivity contribution < 1.29 is 0 Å². The lowest BCUT2D eigenvalue weighted by molar-refractivity contribution is 0.331. The van der Waals surface area contributed by atoms with E-state index >= 15 is 0 Å². The first-order valence-electron chi connectivity index (χ1n) is 10.1. The zero-order chi connectivity index (χ0) is 18.0. The van der Waals surface area contributed by atoms with E-state index in [1.165, 1.54) is 79.9 Å². The summed E-state index contributed by atoms with van der Waals surface area (Å²) in [6.45, 7) is 18.0. The van der Waals surface area contributed by atoms with E-state index < -0.39 is 0 Å². The molecule has 3 aliphatic rings. The van der Waals surface area contributed by atoms with Crippen LogP contribution in [0.2, 0.25) is 0 Å². The fraction of sp³-hybridized carbons (Fsp3) is 0.636. The molecule has 2 heterocycles. The molecule has 1 aliphatic carbocycles. The standard InChI is InChI=1S/C22H35N3/c1-6-13-25-14-12-18(15-25)16(3)21-20-11-9-8-10-19(20)17(4)23-22(21)24(5)7-2/h18,23H,3-4,6-15H2,1-2,5H3/t18-/m0/s1. The summed E-state index contributed by atoms with van der Waals surface area (Å²) in [6.07, 6.45) is 7.40. The first-order chi connectivity index (χ1) is 12.1. The summed E-state index contributed by atoms with van der Waals surface area (Å²) in [6, 6.07) is 0. The number of hydrogen-bond donors (Lipinski definition) is 1. The first-order valence-corrected chi connectivity index (χ1v) is 10.1. The van der Waals surface area contributed by atoms with Gasteiger partial charge in [0.2, 0.25) is 0 Å². The van der Waals surface area contributed by atoms with Crippen LogP contribution in [0.5, 0.6) is 0 Å². The molecule has 1 N–H and O–H groups in total. The summed E-state index contributed by atoms with van der Waals surface area (Å²) in [4.78, 5) is 4.92. The lowest BCUT2D eigenvalue weighted by Gasteiger charge is -2.37. The number of rotatable bonds is 6. The third-order valence-electron chi connectivity index (χ3n) is 6.12. The van der Waals surface area contributed by atoms with Crippen molar-refractivity contribution in [2.75, 3.05) is 33.2 Å². The minimum Gasteiger partial charge on any atom is -0.361 e. The van der Waals surface area contributed by atoms with Crippen molar-refractivity contribution in [3.8, 4) is 0 Å². The van der Waals surface area contributed by atoms with Crippen LogP contribution in [0.25, 0.3) is 0 Å². The largest absolute Gasteiger partial charge is 0.361 e. The molecule has 0 bridgehead atoms. The van der Waals surface area contributed by atoms with Gasteiger partial charge in [0.25, 0.3) is 0 Å². The second-order valence-electron chi connectivity index (χ2n) is 7.82. The highest BCUT2D eigenvalue weighted by atomic mass is 15.2. The molecule has 25 heavy (non-hydrogen) atoms. The maximum absolute atomic E-state index is 4.62. The molecule has 0 spiro atoms. The number of nitrogens with one attached hydrogen (secondary N) is 1. The molecule has 3 nitrogen and oxygen atoms in total. The van der Waals surface area contributed by atoms with Crippen LogP contribution in [0.15, 0.2) is 47.0 Å². The molecule has 0 aromatic carbocycles. The Labute approximate surface area is 154 Å². The Balaban J connectivity index is 1.94. The van der Waals surface area contributed by atoms with Gasteiger partial charge in [-0.1, -0.05) is 20.1 Å². The Morgan fingerprint density at radius 3 is 2.64 bits per heavy atom. The topological polar surface area (TPSA) is 18.5 Å². The summed E-state index contributed by atoms with van der Waals surface area (Å²) < 4.78 is 0. The molecule has 138 valence electrons. The monoisotopic (exact) mass is 341 g/mol. The summed E-state index contributed by atoms with van der Waals surface area (Å²) >= 11 is 0. The molecule has 0 radical (unpaired) electrons. The average Bonchev–Trinajstić information content (AvgIpc) is 3.09. The van der Waals surface area contributed by atoms with Crippen molar-refractivity contribution in [1.29, 1.82) is 0 Å². The van der Waals surface area contributed by atoms with Gasteiger partial charge in [-0.25, -0.2) is 0 Å². The highest BCUT2D eigenvalue weighted by Crippen LogP contribution is 2.43. The molecule has 0 amide bonds. The van der Waals surface area contributed by atoms with E-state index in [0.717, 1.165) is 18.7 Å². The molecular formula is C22H35N3. The van der Waals surface area contributed by atoms with Gasteiger partial charge in [0, 0.05) is 31.4 Å². The van der Waals surface area contributed by atoms with Crippen LogP contribution in [-0.2, 0) is 0 Å². The van der Waals surface area contributed by atoms with Gasteiger partial charge in [-0.3, -0.25) is 0 Å². The number of allylic oxidation sites excluding steroid dienone is 3. The van der Waals surface area contributed by atoms with E-state index in [9.17, 15) is 0 Å². The van der Waals surface area contributed by atoms with Gasteiger partial charge < -0.3 is 15.1 Å². The van der Waals surface area contributed by atoms with Crippen LogP contribution in [-0.4, -0.2) is 43.0 Å². The number of nitrogens with zero attached hydrogens (tertiary/aromatic N) is 2. The molecule has 0 aromatic heterocycles. The van der Waals surface area contributed by atoms with Crippen molar-refractivity contribution in [2.45, 2.75) is 52.4 Å². The molecule has 3 rings (SSSR count). The van der Waals surface area contributed by atoms with Gasteiger partial charge in [-0.05, 0) is 81.2 Å². The van der Waals surface area contributed by atoms with Crippen LogP contribution in [0.4, 0.5) is 0 Å². The van der Waals surface area contributed by atoms with Gasteiger partial charge in [0.05, 0.1) is 0 Å². The summed E-state index contributed by atoms with van der Waals surface area (Å²) in [7, 11) is 2.18. The van der Waals surface area contributed by atoms with Gasteiger partial charge in [-0.2, -0.15) is 0 Å². The van der Waals surface area contributed by atoms with Crippen LogP contribution < -0.4 is 5.32 Å². The van der Waals surface area contributed by atoms with Crippen molar-refractivity contribution in [3.05, 3.63) is 47.0 Å². The zero-order valence-electron chi connectivity index (χ0n) is 16.5. The van der Waals surface area contributed by atoms with Gasteiger partial charge in [0.1, 0.15) is 5.82 Å². The Hall–Kier alpha value is -1.48. The van der Waals surface area contributed by atoms with Crippen LogP contribution in [0.1, 0.15) is 52.4 Å². The van der Waals surface area contributed by atoms with E-state index in [2.05, 4.69) is 49.2 Å². The van der Waals surface area contributed by atoms with Gasteiger partial charge in [-0.15, -0.1) is 0 Å². The predicted molar refractivity (Wildman–Crippen MR) is 107 cm³/mol. The minimum absolute atomic E-state index is 0.589. The molecule has 1 saturated heterocycles. The Kier molecular flexibility index (Phi) is 5.73. The lowest BCUT2D eigenvalue weighted by Crippen LogP contribution is -2.35. The quantitative estimate of drug-likeness (QED) is 0.771. The average molecular weight is 342 g/mol. The lowest BCUT2D eigenvalue weighted by atomic mass is 9.78. The fourth-order valence-electron chi connectivity index (χ4n) is 4.57. The molecule has 1 fully saturated rings. The Morgan fingerprint density at radius 2 is 1.96 bits per heavy atom. The Bertz CT molecular complexity index is 611. The van der Waals surface area contributed by atoms with Crippen LogP contribution in [0.3, 0.4) is 0 Å². The molecule has 2 aliphatic heterocycles. The third kappa shape index (κ3) is 3.57. The van der Waals surface area contributed by atoms with Crippen molar-refractivity contribution in [3.63, 3.8) is 0 Å². The fourth-order valence-corrected chi connectivity index (χ4v) is 4.57. The second-order valence-corrected chi connectivity index (χ2v) is 7.82. The third-order valence-corrected chi connectivity index (χ3v) is 6.12. The minimum atomic E-state index is 0.589. The van der Waals surface area contributed by atoms with Gasteiger partial charge >= 0.3 is 0 Å². The van der Waals surface area contributed by atoms with E-state index in [1.54, 1.807) is 0 Å². The molecule has 1 atom stereocenters. The molecule has 0 aromatic rings. The van der Waals surface area contributed by atoms with Crippen LogP contribution >= 0.6 is 0 Å². The maximum Gasteiger partial charge on any atom is 0.113 e. The second kappa shape index (κ2) is 7.82. The van der Waals surface area contributed by atoms with Crippen molar-refractivity contribution in [2.24, 2.45) is 5.92 Å². The number of dihydropyridines is 1. The molecule has 3 heteroatoms. The Morgan fingerprint density at radius 1 is 1.24 bits per heavy atom. The van der Waals surface area contributed by atoms with Crippen LogP contribution in [0, 0.1) is 5.92 Å². The summed E-state index contributed by atoms with van der Waals surface area (Å²) in [5.41, 5.74) is 6.86. The van der Waals surface area contributed by atoms with E-state index in [0.29, 0.717) is 5.92 Å². The number of hydrogen-bond acceptors (Lipinski definition) is 3. The van der Waals surface area contributed by atoms with E-state index in [-0.39, 0.29) is 0 Å². The molecular weight excluding hydrogens is 306 g/mol. The van der Waals surface area contributed by atoms with E-state index in [1.807, 2.05) is 0 Å². The molecule has 0 unspecified atom stereocenters.